The van der Waals surface area contributed by atoms with Crippen molar-refractivity contribution < 1.29 is 43.2 Å². The molecular weight excluding hydrogens is 773 g/mol. The summed E-state index contributed by atoms with van der Waals surface area (Å²) in [4.78, 5) is 71.2. The van der Waals surface area contributed by atoms with Crippen LogP contribution in [-0.2, 0) is 28.5 Å². The van der Waals surface area contributed by atoms with E-state index in [2.05, 4.69) is 50.9 Å². The highest BCUT2D eigenvalue weighted by atomic mass is 16.7. The van der Waals surface area contributed by atoms with Crippen LogP contribution in [0.1, 0.15) is 63.8 Å². The zero-order chi connectivity index (χ0) is 42.3. The van der Waals surface area contributed by atoms with Crippen molar-refractivity contribution in [3.8, 4) is 22.4 Å². The Kier molecular flexibility index (Phi) is 11.2. The molecular formula is C43H50N8O9. The van der Waals surface area contributed by atoms with E-state index < -0.39 is 42.2 Å². The first kappa shape index (κ1) is 40.7. The van der Waals surface area contributed by atoms with Gasteiger partial charge in [0.15, 0.2) is 5.79 Å². The SMILES string of the molecule is COC(=O)N[C@H](C(=O)N1CC2(C[C@H]1c1ncc(-c3ccc(-c4ccc5c(ccc6[nH]c([C@@H]7CCCN7C(=O)[C@@H](NC(=O)O)[C@@H](C)OC)nc65)c4)cc3)[nH]1)OCCO2)C(C)C. The number of carboxylic acid groups (broad SMARTS) is 1. The van der Waals surface area contributed by atoms with E-state index in [1.54, 1.807) is 22.9 Å². The Morgan fingerprint density at radius 2 is 1.58 bits per heavy atom. The predicted molar refractivity (Wildman–Crippen MR) is 220 cm³/mol. The third kappa shape index (κ3) is 7.75. The molecule has 5 atom stereocenters. The first-order chi connectivity index (χ1) is 28.9. The maximum atomic E-state index is 14.0. The van der Waals surface area contributed by atoms with Gasteiger partial charge in [-0.25, -0.2) is 19.6 Å². The van der Waals surface area contributed by atoms with Crippen LogP contribution in [0.5, 0.6) is 0 Å². The average Bonchev–Trinajstić information content (AvgIpc) is 4.11. The molecule has 0 aliphatic carbocycles. The Bertz CT molecular complexity index is 2410. The van der Waals surface area contributed by atoms with Crippen molar-refractivity contribution in [2.24, 2.45) is 5.92 Å². The molecule has 17 nitrogen and oxygen atoms in total. The number of nitrogens with zero attached hydrogens (tertiary/aromatic N) is 4. The number of benzene rings is 3. The van der Waals surface area contributed by atoms with Crippen LogP contribution in [0.3, 0.4) is 0 Å². The number of fused-ring (bicyclic) bond motifs is 3. The molecule has 3 aromatic carbocycles. The predicted octanol–water partition coefficient (Wildman–Crippen LogP) is 5.50. The van der Waals surface area contributed by atoms with Crippen LogP contribution in [0.4, 0.5) is 9.59 Å². The lowest BCUT2D eigenvalue weighted by molar-refractivity contribution is -0.153. The number of amides is 4. The minimum atomic E-state index is -1.29. The number of hydrogen-bond donors (Lipinski definition) is 5. The number of methoxy groups -OCH3 is 2. The number of rotatable bonds is 11. The first-order valence-corrected chi connectivity index (χ1v) is 20.2. The number of ether oxygens (including phenoxy) is 4. The number of nitrogens with one attached hydrogen (secondary N) is 4. The molecule has 0 bridgehead atoms. The average molecular weight is 823 g/mol. The van der Waals surface area contributed by atoms with Gasteiger partial charge in [-0.1, -0.05) is 56.3 Å². The molecule has 4 amide bonds. The maximum Gasteiger partial charge on any atom is 0.407 e. The lowest BCUT2D eigenvalue weighted by atomic mass is 9.99. The van der Waals surface area contributed by atoms with Crippen LogP contribution in [0.2, 0.25) is 0 Å². The molecule has 5 aromatic rings. The zero-order valence-electron chi connectivity index (χ0n) is 34.2. The van der Waals surface area contributed by atoms with Gasteiger partial charge in [0.25, 0.3) is 0 Å². The zero-order valence-corrected chi connectivity index (χ0v) is 34.2. The van der Waals surface area contributed by atoms with Crippen molar-refractivity contribution >= 4 is 45.8 Å². The number of hydrogen-bond acceptors (Lipinski definition) is 10. The number of likely N-dealkylation sites (tertiary alicyclic amines) is 2. The van der Waals surface area contributed by atoms with Crippen molar-refractivity contribution in [3.05, 3.63) is 72.4 Å². The molecule has 5 heterocycles. The van der Waals surface area contributed by atoms with Gasteiger partial charge in [0.2, 0.25) is 11.8 Å². The lowest BCUT2D eigenvalue weighted by Crippen LogP contribution is -2.53. The molecule has 0 saturated carbocycles. The quantitative estimate of drug-likeness (QED) is 0.112. The fourth-order valence-electron chi connectivity index (χ4n) is 8.69. The third-order valence-electron chi connectivity index (χ3n) is 11.9. The minimum absolute atomic E-state index is 0.200. The summed E-state index contributed by atoms with van der Waals surface area (Å²) < 4.78 is 22.2. The molecule has 3 aliphatic rings. The Labute approximate surface area is 346 Å². The van der Waals surface area contributed by atoms with E-state index in [1.165, 1.54) is 14.2 Å². The van der Waals surface area contributed by atoms with Crippen LogP contribution < -0.4 is 10.6 Å². The van der Waals surface area contributed by atoms with Gasteiger partial charge in [-0.05, 0) is 59.9 Å². The summed E-state index contributed by atoms with van der Waals surface area (Å²) in [5.74, 6) is -0.507. The molecule has 1 spiro atoms. The normalized spacial score (nSPS) is 20.2. The highest BCUT2D eigenvalue weighted by molar-refractivity contribution is 6.05. The summed E-state index contributed by atoms with van der Waals surface area (Å²) in [6.07, 6.45) is 0.994. The van der Waals surface area contributed by atoms with E-state index in [4.69, 9.17) is 28.9 Å². The van der Waals surface area contributed by atoms with Crippen LogP contribution >= 0.6 is 0 Å². The number of carbonyl (C=O) groups is 4. The monoisotopic (exact) mass is 822 g/mol. The van der Waals surface area contributed by atoms with Crippen molar-refractivity contribution in [3.63, 3.8) is 0 Å². The van der Waals surface area contributed by atoms with Gasteiger partial charge in [-0.15, -0.1) is 0 Å². The number of H-pyrrole nitrogens is 2. The second-order valence-electron chi connectivity index (χ2n) is 16.0. The van der Waals surface area contributed by atoms with Crippen molar-refractivity contribution in [2.45, 2.75) is 76.1 Å². The molecule has 3 fully saturated rings. The third-order valence-corrected chi connectivity index (χ3v) is 11.9. The molecule has 3 aliphatic heterocycles. The van der Waals surface area contributed by atoms with E-state index >= 15 is 0 Å². The van der Waals surface area contributed by atoms with Crippen LogP contribution in [0, 0.1) is 5.92 Å². The fraction of sp³-hybridized carbons (Fsp3) is 0.442. The summed E-state index contributed by atoms with van der Waals surface area (Å²) in [7, 11) is 2.71. The standard InChI is InChI=1S/C43H50N8O9/c1-23(2)34(49-42(56)58-5)39(52)51-22-43(59-17-18-60-43)20-33(51)37-44-21-31(46-37)26-10-8-25(9-11-26)27-12-14-29-28(19-27)13-15-30-36(29)47-38(45-30)32-7-6-16-50(32)40(53)35(24(3)57-4)48-41(54)55/h8-15,19,21,23-24,32-35,48H,6-7,16-18,20,22H2,1-5H3,(H,44,46)(H,45,47)(H,49,56)(H,54,55)/t24-,32+,33+,34+,35+/m1/s1. The van der Waals surface area contributed by atoms with Crippen LogP contribution in [-0.4, -0.2) is 123 Å². The highest BCUT2D eigenvalue weighted by Crippen LogP contribution is 2.43. The smallest absolute Gasteiger partial charge is 0.407 e. The van der Waals surface area contributed by atoms with E-state index in [-0.39, 0.29) is 30.3 Å². The van der Waals surface area contributed by atoms with Gasteiger partial charge in [-0.2, -0.15) is 0 Å². The van der Waals surface area contributed by atoms with Crippen molar-refractivity contribution in [1.29, 1.82) is 0 Å². The summed E-state index contributed by atoms with van der Waals surface area (Å²) in [5.41, 5.74) is 5.37. The summed E-state index contributed by atoms with van der Waals surface area (Å²) >= 11 is 0. The molecule has 3 saturated heterocycles. The van der Waals surface area contributed by atoms with Crippen LogP contribution in [0.25, 0.3) is 44.2 Å². The number of carbonyl (C=O) groups excluding carboxylic acids is 3. The summed E-state index contributed by atoms with van der Waals surface area (Å²) in [5, 5.41) is 16.4. The number of aromatic amines is 2. The van der Waals surface area contributed by atoms with Gasteiger partial charge in [-0.3, -0.25) is 9.59 Å². The Hall–Kier alpha value is -6.04. The fourth-order valence-corrected chi connectivity index (χ4v) is 8.69. The largest absolute Gasteiger partial charge is 0.465 e. The minimum Gasteiger partial charge on any atom is -0.465 e. The van der Waals surface area contributed by atoms with Gasteiger partial charge < -0.3 is 54.5 Å². The van der Waals surface area contributed by atoms with Crippen molar-refractivity contribution in [2.75, 3.05) is 40.5 Å². The van der Waals surface area contributed by atoms with E-state index in [1.807, 2.05) is 38.1 Å². The highest BCUT2D eigenvalue weighted by Gasteiger charge is 2.53. The van der Waals surface area contributed by atoms with Gasteiger partial charge >= 0.3 is 12.2 Å². The maximum absolute atomic E-state index is 14.0. The Morgan fingerprint density at radius 3 is 2.28 bits per heavy atom. The molecule has 2 aromatic heterocycles. The van der Waals surface area contributed by atoms with Crippen molar-refractivity contribution in [1.82, 2.24) is 40.4 Å². The van der Waals surface area contributed by atoms with E-state index in [0.717, 1.165) is 50.6 Å². The van der Waals surface area contributed by atoms with Crippen LogP contribution in [0.15, 0.2) is 60.8 Å². The summed E-state index contributed by atoms with van der Waals surface area (Å²) in [6, 6.07) is 15.8. The molecule has 316 valence electrons. The second kappa shape index (κ2) is 16.5. The van der Waals surface area contributed by atoms with E-state index in [0.29, 0.717) is 44.2 Å². The molecule has 0 unspecified atom stereocenters. The Balaban J connectivity index is 1.01. The molecule has 5 N–H and O–H groups in total. The molecule has 17 heteroatoms. The van der Waals surface area contributed by atoms with Gasteiger partial charge in [0.05, 0.1) is 68.0 Å². The first-order valence-electron chi connectivity index (χ1n) is 20.2. The second-order valence-corrected chi connectivity index (χ2v) is 16.0. The molecule has 8 rings (SSSR count). The molecule has 0 radical (unpaired) electrons. The number of aromatic nitrogens is 4. The Morgan fingerprint density at radius 1 is 0.867 bits per heavy atom. The number of alkyl carbamates (subject to hydrolysis) is 1. The number of imidazole rings is 2. The lowest BCUT2D eigenvalue weighted by Gasteiger charge is -2.30. The van der Waals surface area contributed by atoms with Gasteiger partial charge in [0.1, 0.15) is 23.7 Å². The van der Waals surface area contributed by atoms with Gasteiger partial charge in [0, 0.05) is 25.5 Å². The molecule has 60 heavy (non-hydrogen) atoms. The topological polar surface area (TPSA) is 213 Å². The van der Waals surface area contributed by atoms with E-state index in [9.17, 15) is 24.3 Å². The summed E-state index contributed by atoms with van der Waals surface area (Å²) in [6.45, 7) is 6.95.